The zero-order chi connectivity index (χ0) is 14.4. The molecular weight excluding hydrogens is 258 g/mol. The number of ketones is 1. The van der Waals surface area contributed by atoms with Crippen LogP contribution < -0.4 is 0 Å². The van der Waals surface area contributed by atoms with E-state index in [1.165, 1.54) is 30.5 Å². The minimum Gasteiger partial charge on any atom is -0.465 e. The standard InChI is InChI=1S/C15H11NO4/c17-14(9-10-15-2-1-11-20-15)8-5-12-3-6-13(7-4-12)16(18)19/h1-11H/b8-5+,10-9+. The summed E-state index contributed by atoms with van der Waals surface area (Å²) in [4.78, 5) is 21.6. The molecular formula is C15H11NO4. The molecule has 0 N–H and O–H groups in total. The number of rotatable bonds is 5. The normalized spacial score (nSPS) is 11.2. The average molecular weight is 269 g/mol. The lowest BCUT2D eigenvalue weighted by Gasteiger charge is -1.92. The van der Waals surface area contributed by atoms with Crippen LogP contribution in [0.4, 0.5) is 5.69 Å². The number of benzene rings is 1. The van der Waals surface area contributed by atoms with E-state index in [9.17, 15) is 14.9 Å². The lowest BCUT2D eigenvalue weighted by atomic mass is 10.2. The predicted octanol–water partition coefficient (Wildman–Crippen LogP) is 3.48. The summed E-state index contributed by atoms with van der Waals surface area (Å²) >= 11 is 0. The first-order valence-corrected chi connectivity index (χ1v) is 5.83. The van der Waals surface area contributed by atoms with E-state index in [0.717, 1.165) is 5.56 Å². The van der Waals surface area contributed by atoms with Gasteiger partial charge in [0.05, 0.1) is 11.2 Å². The van der Waals surface area contributed by atoms with Gasteiger partial charge in [-0.3, -0.25) is 14.9 Å². The van der Waals surface area contributed by atoms with Crippen LogP contribution in [0.25, 0.3) is 12.2 Å². The van der Waals surface area contributed by atoms with Crippen LogP contribution in [0.2, 0.25) is 0 Å². The fourth-order valence-corrected chi connectivity index (χ4v) is 1.49. The summed E-state index contributed by atoms with van der Waals surface area (Å²) in [6.07, 6.45) is 7.47. The van der Waals surface area contributed by atoms with Gasteiger partial charge in [0.25, 0.3) is 5.69 Å². The van der Waals surface area contributed by atoms with Crippen LogP contribution in [0.15, 0.2) is 59.2 Å². The van der Waals surface area contributed by atoms with Gasteiger partial charge in [-0.05, 0) is 48.1 Å². The molecule has 0 bridgehead atoms. The van der Waals surface area contributed by atoms with E-state index >= 15 is 0 Å². The smallest absolute Gasteiger partial charge is 0.269 e. The number of nitrogens with zero attached hydrogens (tertiary/aromatic N) is 1. The summed E-state index contributed by atoms with van der Waals surface area (Å²) in [5, 5.41) is 10.5. The number of hydrogen-bond acceptors (Lipinski definition) is 4. The first-order chi connectivity index (χ1) is 9.65. The highest BCUT2D eigenvalue weighted by molar-refractivity contribution is 6.04. The summed E-state index contributed by atoms with van der Waals surface area (Å²) in [6.45, 7) is 0. The molecule has 0 aliphatic carbocycles. The number of carbonyl (C=O) groups is 1. The summed E-state index contributed by atoms with van der Waals surface area (Å²) in [6, 6.07) is 9.42. The van der Waals surface area contributed by atoms with Crippen molar-refractivity contribution in [1.82, 2.24) is 0 Å². The Morgan fingerprint density at radius 2 is 1.80 bits per heavy atom. The second-order valence-corrected chi connectivity index (χ2v) is 3.93. The van der Waals surface area contributed by atoms with Crippen molar-refractivity contribution in [3.63, 3.8) is 0 Å². The SMILES string of the molecule is O=C(/C=C/c1ccc([N+](=O)[O-])cc1)/C=C/c1ccco1. The van der Waals surface area contributed by atoms with Gasteiger partial charge in [0.15, 0.2) is 5.78 Å². The number of non-ortho nitro benzene ring substituents is 1. The van der Waals surface area contributed by atoms with E-state index in [1.54, 1.807) is 36.4 Å². The van der Waals surface area contributed by atoms with Crippen molar-refractivity contribution >= 4 is 23.6 Å². The van der Waals surface area contributed by atoms with Crippen molar-refractivity contribution in [2.75, 3.05) is 0 Å². The predicted molar refractivity (Wildman–Crippen MR) is 74.9 cm³/mol. The highest BCUT2D eigenvalue weighted by Crippen LogP contribution is 2.12. The quantitative estimate of drug-likeness (QED) is 0.473. The molecule has 0 saturated carbocycles. The summed E-state index contributed by atoms with van der Waals surface area (Å²) in [5.41, 5.74) is 0.738. The fourth-order valence-electron chi connectivity index (χ4n) is 1.49. The second-order valence-electron chi connectivity index (χ2n) is 3.93. The second kappa shape index (κ2) is 6.29. The van der Waals surface area contributed by atoms with Crippen LogP contribution in [0.3, 0.4) is 0 Å². The highest BCUT2D eigenvalue weighted by atomic mass is 16.6. The van der Waals surface area contributed by atoms with Crippen molar-refractivity contribution < 1.29 is 14.1 Å². The molecule has 0 atom stereocenters. The van der Waals surface area contributed by atoms with E-state index in [0.29, 0.717) is 5.76 Å². The third kappa shape index (κ3) is 3.78. The lowest BCUT2D eigenvalue weighted by Crippen LogP contribution is -1.87. The summed E-state index contributed by atoms with van der Waals surface area (Å²) in [7, 11) is 0. The third-order valence-electron chi connectivity index (χ3n) is 2.50. The molecule has 0 fully saturated rings. The molecule has 1 aromatic heterocycles. The van der Waals surface area contributed by atoms with Crippen molar-refractivity contribution in [2.45, 2.75) is 0 Å². The molecule has 1 aromatic carbocycles. The maximum Gasteiger partial charge on any atom is 0.269 e. The average Bonchev–Trinajstić information content (AvgIpc) is 2.96. The van der Waals surface area contributed by atoms with Gasteiger partial charge < -0.3 is 4.42 Å². The first-order valence-electron chi connectivity index (χ1n) is 5.83. The molecule has 0 spiro atoms. The molecule has 100 valence electrons. The Hall–Kier alpha value is -2.95. The lowest BCUT2D eigenvalue weighted by molar-refractivity contribution is -0.384. The van der Waals surface area contributed by atoms with E-state index in [4.69, 9.17) is 4.42 Å². The van der Waals surface area contributed by atoms with Gasteiger partial charge in [0, 0.05) is 12.1 Å². The van der Waals surface area contributed by atoms with Crippen LogP contribution in [-0.4, -0.2) is 10.7 Å². The number of hydrogen-bond donors (Lipinski definition) is 0. The Kier molecular flexibility index (Phi) is 4.24. The van der Waals surface area contributed by atoms with Crippen molar-refractivity contribution in [2.24, 2.45) is 0 Å². The zero-order valence-corrected chi connectivity index (χ0v) is 10.4. The monoisotopic (exact) mass is 269 g/mol. The molecule has 0 amide bonds. The van der Waals surface area contributed by atoms with E-state index in [2.05, 4.69) is 0 Å². The van der Waals surface area contributed by atoms with Gasteiger partial charge in [0.1, 0.15) is 5.76 Å². The van der Waals surface area contributed by atoms with Gasteiger partial charge in [-0.15, -0.1) is 0 Å². The molecule has 2 rings (SSSR count). The molecule has 0 radical (unpaired) electrons. The molecule has 5 heteroatoms. The Morgan fingerprint density at radius 3 is 2.40 bits per heavy atom. The number of furan rings is 1. The Balaban J connectivity index is 1.98. The highest BCUT2D eigenvalue weighted by Gasteiger charge is 2.02. The van der Waals surface area contributed by atoms with Crippen LogP contribution in [0.5, 0.6) is 0 Å². The minimum absolute atomic E-state index is 0.0196. The number of carbonyl (C=O) groups excluding carboxylic acids is 1. The minimum atomic E-state index is -0.468. The first kappa shape index (κ1) is 13.5. The Morgan fingerprint density at radius 1 is 1.10 bits per heavy atom. The number of nitro groups is 1. The molecule has 0 unspecified atom stereocenters. The molecule has 0 aliphatic heterocycles. The molecule has 20 heavy (non-hydrogen) atoms. The topological polar surface area (TPSA) is 73.3 Å². The van der Waals surface area contributed by atoms with Crippen LogP contribution >= 0.6 is 0 Å². The van der Waals surface area contributed by atoms with Crippen molar-refractivity contribution in [3.8, 4) is 0 Å². The van der Waals surface area contributed by atoms with E-state index in [1.807, 2.05) is 0 Å². The maximum absolute atomic E-state index is 11.6. The number of nitro benzene ring substituents is 1. The largest absolute Gasteiger partial charge is 0.465 e. The fraction of sp³-hybridized carbons (Fsp3) is 0. The van der Waals surface area contributed by atoms with Gasteiger partial charge in [0.2, 0.25) is 0 Å². The molecule has 0 aliphatic rings. The molecule has 2 aromatic rings. The van der Waals surface area contributed by atoms with Crippen LogP contribution in [0.1, 0.15) is 11.3 Å². The summed E-state index contributed by atoms with van der Waals surface area (Å²) < 4.78 is 5.06. The van der Waals surface area contributed by atoms with Gasteiger partial charge >= 0.3 is 0 Å². The zero-order valence-electron chi connectivity index (χ0n) is 10.4. The van der Waals surface area contributed by atoms with Crippen molar-refractivity contribution in [3.05, 3.63) is 76.3 Å². The molecule has 1 heterocycles. The molecule has 5 nitrogen and oxygen atoms in total. The van der Waals surface area contributed by atoms with Crippen LogP contribution in [-0.2, 0) is 4.79 Å². The third-order valence-corrected chi connectivity index (χ3v) is 2.50. The Labute approximate surface area is 115 Å². The van der Waals surface area contributed by atoms with E-state index < -0.39 is 4.92 Å². The van der Waals surface area contributed by atoms with Crippen molar-refractivity contribution in [1.29, 1.82) is 0 Å². The summed E-state index contributed by atoms with van der Waals surface area (Å²) in [5.74, 6) is 0.404. The van der Waals surface area contributed by atoms with Gasteiger partial charge in [-0.1, -0.05) is 6.08 Å². The van der Waals surface area contributed by atoms with E-state index in [-0.39, 0.29) is 11.5 Å². The van der Waals surface area contributed by atoms with Gasteiger partial charge in [-0.2, -0.15) is 0 Å². The molecule has 0 saturated heterocycles. The van der Waals surface area contributed by atoms with Crippen LogP contribution in [0, 0.1) is 10.1 Å². The van der Waals surface area contributed by atoms with Gasteiger partial charge in [-0.25, -0.2) is 0 Å². The Bertz CT molecular complexity index is 652. The number of allylic oxidation sites excluding steroid dienone is 2. The maximum atomic E-state index is 11.6.